The summed E-state index contributed by atoms with van der Waals surface area (Å²) in [4.78, 5) is 4.91. The lowest BCUT2D eigenvalue weighted by molar-refractivity contribution is 0.0809. The highest BCUT2D eigenvalue weighted by atomic mass is 16.7. The van der Waals surface area contributed by atoms with Crippen LogP contribution < -0.4 is 21.4 Å². The zero-order chi connectivity index (χ0) is 6.81. The van der Waals surface area contributed by atoms with Crippen LogP contribution in [0.2, 0.25) is 0 Å². The van der Waals surface area contributed by atoms with Crippen molar-refractivity contribution in [2.24, 2.45) is 0 Å². The summed E-state index contributed by atoms with van der Waals surface area (Å²) < 4.78 is 0. The third-order valence-corrected chi connectivity index (χ3v) is 1.66. The minimum Gasteiger partial charge on any atom is -0.298 e. The molecule has 10 heavy (non-hydrogen) atoms. The van der Waals surface area contributed by atoms with Crippen molar-refractivity contribution in [3.8, 4) is 0 Å². The molecule has 2 atom stereocenters. The van der Waals surface area contributed by atoms with Crippen LogP contribution >= 0.6 is 0 Å². The Morgan fingerprint density at radius 1 is 1.30 bits per heavy atom. The molecule has 1 radical (unpaired) electrons. The quantitative estimate of drug-likeness (QED) is 0.344. The van der Waals surface area contributed by atoms with E-state index in [1.165, 1.54) is 0 Å². The highest BCUT2D eigenvalue weighted by Crippen LogP contribution is 1.97. The summed E-state index contributed by atoms with van der Waals surface area (Å²) in [6.07, 6.45) is 0.432. The van der Waals surface area contributed by atoms with Gasteiger partial charge in [-0.1, -0.05) is 0 Å². The second-order valence-electron chi connectivity index (χ2n) is 2.35. The van der Waals surface area contributed by atoms with Gasteiger partial charge in [0.05, 0.1) is 6.17 Å². The van der Waals surface area contributed by atoms with Crippen LogP contribution in [0, 0.1) is 6.54 Å². The highest BCUT2D eigenvalue weighted by Gasteiger charge is 2.26. The Bertz CT molecular complexity index is 94.2. The van der Waals surface area contributed by atoms with Gasteiger partial charge in [0, 0.05) is 13.1 Å². The van der Waals surface area contributed by atoms with Crippen LogP contribution in [0.1, 0.15) is 0 Å². The van der Waals surface area contributed by atoms with Crippen LogP contribution in [0.4, 0.5) is 0 Å². The summed E-state index contributed by atoms with van der Waals surface area (Å²) in [6.45, 7) is 3.47. The molecular weight excluding hydrogens is 132 g/mol. The molecule has 0 bridgehead atoms. The summed E-state index contributed by atoms with van der Waals surface area (Å²) in [7, 11) is 0. The van der Waals surface area contributed by atoms with Crippen LogP contribution in [0.15, 0.2) is 0 Å². The molecule has 2 heterocycles. The Kier molecular flexibility index (Phi) is 1.83. The average molecular weight is 143 g/mol. The largest absolute Gasteiger partial charge is 0.298 e. The molecule has 2 aliphatic heterocycles. The topological polar surface area (TPSA) is 57.4 Å². The molecule has 0 aromatic carbocycles. The van der Waals surface area contributed by atoms with E-state index in [0.29, 0.717) is 6.73 Å². The minimum absolute atomic E-state index is 0.179. The van der Waals surface area contributed by atoms with Gasteiger partial charge in [0.25, 0.3) is 0 Å². The Hall–Kier alpha value is -0.200. The molecule has 0 amide bonds. The molecule has 5 heteroatoms. The number of hydrogen-bond donors (Lipinski definition) is 4. The molecule has 0 aromatic rings. The zero-order valence-corrected chi connectivity index (χ0v) is 5.55. The van der Waals surface area contributed by atoms with Gasteiger partial charge in [-0.15, -0.1) is 0 Å². The van der Waals surface area contributed by atoms with E-state index in [0.717, 1.165) is 6.54 Å². The van der Waals surface area contributed by atoms with Gasteiger partial charge >= 0.3 is 0 Å². The van der Waals surface area contributed by atoms with E-state index in [9.17, 15) is 0 Å². The minimum atomic E-state index is 0.179. The monoisotopic (exact) mass is 143 g/mol. The summed E-state index contributed by atoms with van der Waals surface area (Å²) >= 11 is 0. The van der Waals surface area contributed by atoms with Crippen molar-refractivity contribution < 1.29 is 4.84 Å². The molecule has 2 saturated heterocycles. The predicted octanol–water partition coefficient (Wildman–Crippen LogP) is -1.92. The van der Waals surface area contributed by atoms with Crippen LogP contribution in [-0.2, 0) is 4.84 Å². The average Bonchev–Trinajstić information content (AvgIpc) is 2.59. The van der Waals surface area contributed by atoms with Crippen molar-refractivity contribution in [3.63, 3.8) is 0 Å². The summed E-state index contributed by atoms with van der Waals surface area (Å²) in [6, 6.07) is 0. The molecule has 4 N–H and O–H groups in total. The van der Waals surface area contributed by atoms with Crippen molar-refractivity contribution in [2.45, 2.75) is 12.3 Å². The molecule has 2 fully saturated rings. The van der Waals surface area contributed by atoms with Gasteiger partial charge in [0.2, 0.25) is 0 Å². The van der Waals surface area contributed by atoms with Crippen molar-refractivity contribution in [1.82, 2.24) is 21.4 Å². The van der Waals surface area contributed by atoms with Gasteiger partial charge < -0.3 is 0 Å². The van der Waals surface area contributed by atoms with Crippen molar-refractivity contribution in [1.29, 1.82) is 0 Å². The second kappa shape index (κ2) is 2.81. The van der Waals surface area contributed by atoms with Crippen LogP contribution in [-0.4, -0.2) is 25.6 Å². The molecule has 0 spiro atoms. The fourth-order valence-corrected chi connectivity index (χ4v) is 1.14. The van der Waals surface area contributed by atoms with E-state index in [2.05, 4.69) is 21.4 Å². The normalized spacial score (nSPS) is 35.4. The van der Waals surface area contributed by atoms with E-state index in [1.54, 1.807) is 0 Å². The number of nitrogens with one attached hydrogen (secondary N) is 4. The molecule has 0 aliphatic carbocycles. The third-order valence-electron chi connectivity index (χ3n) is 1.66. The fraction of sp³-hybridized carbons (Fsp3) is 0.800. The molecule has 2 rings (SSSR count). The molecule has 2 unspecified atom stereocenters. The second-order valence-corrected chi connectivity index (χ2v) is 2.35. The van der Waals surface area contributed by atoms with Crippen molar-refractivity contribution in [2.75, 3.05) is 13.3 Å². The third kappa shape index (κ3) is 1.14. The number of rotatable bonds is 1. The summed E-state index contributed by atoms with van der Waals surface area (Å²) in [5, 5.41) is 9.50. The van der Waals surface area contributed by atoms with Gasteiger partial charge in [0.15, 0.2) is 0 Å². The molecule has 2 aliphatic rings. The first-order valence-corrected chi connectivity index (χ1v) is 3.38. The molecular formula is C5H11N4O. The smallest absolute Gasteiger partial charge is 0.120 e. The zero-order valence-electron chi connectivity index (χ0n) is 5.55. The first-order valence-electron chi connectivity index (χ1n) is 3.38. The molecule has 57 valence electrons. The standard InChI is InChI=1S/C5H11N4O/c1-2-7-4(6-1)5-8-3-10-9-5/h1,4-9H,2-3H2. The van der Waals surface area contributed by atoms with Crippen molar-refractivity contribution >= 4 is 0 Å². The van der Waals surface area contributed by atoms with Gasteiger partial charge in [-0.2, -0.15) is 5.48 Å². The summed E-state index contributed by atoms with van der Waals surface area (Å²) in [5.74, 6) is 0. The van der Waals surface area contributed by atoms with Gasteiger partial charge in [0.1, 0.15) is 12.9 Å². The van der Waals surface area contributed by atoms with Crippen molar-refractivity contribution in [3.05, 3.63) is 6.54 Å². The van der Waals surface area contributed by atoms with Crippen LogP contribution in [0.3, 0.4) is 0 Å². The maximum Gasteiger partial charge on any atom is 0.120 e. The Balaban J connectivity index is 1.85. The fourth-order valence-electron chi connectivity index (χ4n) is 1.14. The Morgan fingerprint density at radius 3 is 2.90 bits per heavy atom. The predicted molar refractivity (Wildman–Crippen MR) is 35.2 cm³/mol. The lowest BCUT2D eigenvalue weighted by Gasteiger charge is -2.16. The maximum atomic E-state index is 4.91. The van der Waals surface area contributed by atoms with Gasteiger partial charge in [-0.25, -0.2) is 0 Å². The van der Waals surface area contributed by atoms with E-state index in [4.69, 9.17) is 4.84 Å². The van der Waals surface area contributed by atoms with Crippen LogP contribution in [0.5, 0.6) is 0 Å². The van der Waals surface area contributed by atoms with E-state index >= 15 is 0 Å². The van der Waals surface area contributed by atoms with E-state index < -0.39 is 0 Å². The summed E-state index contributed by atoms with van der Waals surface area (Å²) in [5.41, 5.74) is 2.84. The molecule has 5 nitrogen and oxygen atoms in total. The first kappa shape index (κ1) is 6.51. The lowest BCUT2D eigenvalue weighted by Crippen LogP contribution is -2.52. The SMILES string of the molecule is [CH]1CNC(C2NCON2)N1. The van der Waals surface area contributed by atoms with Gasteiger partial charge in [-0.05, 0) is 0 Å². The highest BCUT2D eigenvalue weighted by molar-refractivity contribution is 4.88. The Labute approximate surface area is 59.5 Å². The number of hydrogen-bond acceptors (Lipinski definition) is 5. The lowest BCUT2D eigenvalue weighted by atomic mass is 10.4. The van der Waals surface area contributed by atoms with Gasteiger partial charge in [-0.3, -0.25) is 20.8 Å². The van der Waals surface area contributed by atoms with E-state index in [1.807, 2.05) is 6.54 Å². The first-order chi connectivity index (χ1) is 4.97. The molecule has 0 aromatic heterocycles. The number of hydroxylamine groups is 1. The van der Waals surface area contributed by atoms with E-state index in [-0.39, 0.29) is 12.3 Å². The van der Waals surface area contributed by atoms with Crippen LogP contribution in [0.25, 0.3) is 0 Å². The molecule has 0 saturated carbocycles. The maximum absolute atomic E-state index is 4.91. The Morgan fingerprint density at radius 2 is 2.30 bits per heavy atom.